The number of oxazole rings is 1. The van der Waals surface area contributed by atoms with E-state index in [4.69, 9.17) is 18.3 Å². The molecule has 7 nitrogen and oxygen atoms in total. The molecule has 5 rings (SSSR count). The van der Waals surface area contributed by atoms with E-state index in [9.17, 15) is 0 Å². The Bertz CT molecular complexity index is 1040. The van der Waals surface area contributed by atoms with E-state index in [1.165, 1.54) is 11.8 Å². The Labute approximate surface area is 156 Å². The second kappa shape index (κ2) is 6.50. The van der Waals surface area contributed by atoms with E-state index in [1.807, 2.05) is 35.7 Å². The molecule has 26 heavy (non-hydrogen) atoms. The van der Waals surface area contributed by atoms with Gasteiger partial charge in [-0.05, 0) is 29.6 Å². The Balaban J connectivity index is 1.27. The molecule has 3 aromatic heterocycles. The number of benzene rings is 1. The maximum atomic E-state index is 5.72. The third kappa shape index (κ3) is 2.95. The molecule has 0 amide bonds. The van der Waals surface area contributed by atoms with Gasteiger partial charge in [0.2, 0.25) is 18.6 Å². The Morgan fingerprint density at radius 2 is 2.04 bits per heavy atom. The molecule has 0 N–H and O–H groups in total. The van der Waals surface area contributed by atoms with Gasteiger partial charge in [0.1, 0.15) is 6.26 Å². The highest BCUT2D eigenvalue weighted by atomic mass is 32.2. The minimum absolute atomic E-state index is 0.231. The molecular formula is C17H11N3O4S2. The van der Waals surface area contributed by atoms with E-state index in [2.05, 4.69) is 15.2 Å². The van der Waals surface area contributed by atoms with Crippen LogP contribution in [0.15, 0.2) is 56.0 Å². The van der Waals surface area contributed by atoms with Crippen molar-refractivity contribution in [3.05, 3.63) is 47.7 Å². The summed E-state index contributed by atoms with van der Waals surface area (Å²) in [7, 11) is 0. The highest BCUT2D eigenvalue weighted by molar-refractivity contribution is 7.98. The number of ether oxygens (including phenoxy) is 2. The van der Waals surface area contributed by atoms with Crippen molar-refractivity contribution in [3.63, 3.8) is 0 Å². The number of hydrogen-bond donors (Lipinski definition) is 0. The molecule has 4 aromatic rings. The van der Waals surface area contributed by atoms with Crippen molar-refractivity contribution in [1.82, 2.24) is 15.2 Å². The summed E-state index contributed by atoms with van der Waals surface area (Å²) in [5.74, 6) is 3.04. The maximum absolute atomic E-state index is 5.72. The van der Waals surface area contributed by atoms with Gasteiger partial charge in [-0.3, -0.25) is 0 Å². The second-order valence-corrected chi connectivity index (χ2v) is 7.23. The van der Waals surface area contributed by atoms with Crippen LogP contribution in [-0.4, -0.2) is 22.0 Å². The lowest BCUT2D eigenvalue weighted by Crippen LogP contribution is -1.92. The van der Waals surface area contributed by atoms with E-state index < -0.39 is 0 Å². The van der Waals surface area contributed by atoms with E-state index in [-0.39, 0.29) is 6.79 Å². The van der Waals surface area contributed by atoms with Crippen LogP contribution in [0.4, 0.5) is 0 Å². The van der Waals surface area contributed by atoms with Gasteiger partial charge in [-0.25, -0.2) is 4.98 Å². The molecule has 130 valence electrons. The van der Waals surface area contributed by atoms with Gasteiger partial charge in [-0.2, -0.15) is 0 Å². The fourth-order valence-electron chi connectivity index (χ4n) is 2.44. The van der Waals surface area contributed by atoms with E-state index in [0.29, 0.717) is 28.5 Å². The quantitative estimate of drug-likeness (QED) is 0.465. The smallest absolute Gasteiger partial charge is 0.277 e. The van der Waals surface area contributed by atoms with Crippen LogP contribution >= 0.6 is 23.1 Å². The number of thioether (sulfide) groups is 1. The SMILES string of the molecule is c1csc(-c2nc(CSc3nnc(-c4ccc5c(c4)OCO5)o3)co2)c1. The van der Waals surface area contributed by atoms with Crippen LogP contribution in [0.25, 0.3) is 22.2 Å². The number of hydrogen-bond acceptors (Lipinski definition) is 9. The summed E-state index contributed by atoms with van der Waals surface area (Å²) in [6.07, 6.45) is 1.65. The Morgan fingerprint density at radius 1 is 1.08 bits per heavy atom. The Hall–Kier alpha value is -2.78. The third-order valence-corrected chi connectivity index (χ3v) is 5.36. The van der Waals surface area contributed by atoms with Crippen LogP contribution in [0, 0.1) is 0 Å². The number of thiophene rings is 1. The molecule has 1 aliphatic heterocycles. The fourth-order valence-corrected chi connectivity index (χ4v) is 3.73. The lowest BCUT2D eigenvalue weighted by Gasteiger charge is -1.97. The molecule has 0 atom stereocenters. The topological polar surface area (TPSA) is 83.4 Å². The van der Waals surface area contributed by atoms with Gasteiger partial charge in [0.15, 0.2) is 11.5 Å². The van der Waals surface area contributed by atoms with E-state index >= 15 is 0 Å². The predicted molar refractivity (Wildman–Crippen MR) is 95.2 cm³/mol. The lowest BCUT2D eigenvalue weighted by molar-refractivity contribution is 0.174. The molecule has 0 radical (unpaired) electrons. The first-order chi connectivity index (χ1) is 12.8. The molecular weight excluding hydrogens is 374 g/mol. The zero-order valence-corrected chi connectivity index (χ0v) is 14.9. The van der Waals surface area contributed by atoms with Gasteiger partial charge < -0.3 is 18.3 Å². The maximum Gasteiger partial charge on any atom is 0.277 e. The summed E-state index contributed by atoms with van der Waals surface area (Å²) in [6.45, 7) is 0.231. The monoisotopic (exact) mass is 385 g/mol. The minimum atomic E-state index is 0.231. The van der Waals surface area contributed by atoms with Crippen LogP contribution in [0.3, 0.4) is 0 Å². The number of nitrogens with zero attached hydrogens (tertiary/aromatic N) is 3. The van der Waals surface area contributed by atoms with Gasteiger partial charge in [0.25, 0.3) is 5.22 Å². The van der Waals surface area contributed by atoms with E-state index in [0.717, 1.165) is 21.9 Å². The van der Waals surface area contributed by atoms with Gasteiger partial charge in [-0.15, -0.1) is 21.5 Å². The minimum Gasteiger partial charge on any atom is -0.454 e. The molecule has 0 spiro atoms. The third-order valence-electron chi connectivity index (χ3n) is 3.65. The number of fused-ring (bicyclic) bond motifs is 1. The zero-order valence-electron chi connectivity index (χ0n) is 13.2. The highest BCUT2D eigenvalue weighted by Gasteiger charge is 2.17. The van der Waals surface area contributed by atoms with Crippen LogP contribution in [-0.2, 0) is 5.75 Å². The Kier molecular flexibility index (Phi) is 3.87. The average molecular weight is 385 g/mol. The Morgan fingerprint density at radius 3 is 2.96 bits per heavy atom. The van der Waals surface area contributed by atoms with Gasteiger partial charge in [0, 0.05) is 11.3 Å². The summed E-state index contributed by atoms with van der Waals surface area (Å²) >= 11 is 3.00. The fraction of sp³-hybridized carbons (Fsp3) is 0.118. The molecule has 4 heterocycles. The number of rotatable bonds is 5. The normalized spacial score (nSPS) is 12.6. The van der Waals surface area contributed by atoms with Gasteiger partial charge >= 0.3 is 0 Å². The van der Waals surface area contributed by atoms with Crippen molar-refractivity contribution in [1.29, 1.82) is 0 Å². The van der Waals surface area contributed by atoms with Crippen LogP contribution in [0.5, 0.6) is 11.5 Å². The van der Waals surface area contributed by atoms with Crippen molar-refractivity contribution in [2.24, 2.45) is 0 Å². The summed E-state index contributed by atoms with van der Waals surface area (Å²) in [6, 6.07) is 9.46. The van der Waals surface area contributed by atoms with Crippen LogP contribution in [0.1, 0.15) is 5.69 Å². The first kappa shape index (κ1) is 15.5. The molecule has 0 saturated heterocycles. The first-order valence-corrected chi connectivity index (χ1v) is 9.56. The van der Waals surface area contributed by atoms with Gasteiger partial charge in [0.05, 0.1) is 10.6 Å². The molecule has 0 saturated carbocycles. The second-order valence-electron chi connectivity index (χ2n) is 5.35. The molecule has 0 aliphatic carbocycles. The molecule has 0 unspecified atom stereocenters. The van der Waals surface area contributed by atoms with Crippen molar-refractivity contribution in [2.75, 3.05) is 6.79 Å². The molecule has 0 fully saturated rings. The highest BCUT2D eigenvalue weighted by Crippen LogP contribution is 2.36. The lowest BCUT2D eigenvalue weighted by atomic mass is 10.2. The van der Waals surface area contributed by atoms with Crippen molar-refractivity contribution in [2.45, 2.75) is 11.0 Å². The molecule has 1 aromatic carbocycles. The first-order valence-electron chi connectivity index (χ1n) is 7.70. The summed E-state index contributed by atoms with van der Waals surface area (Å²) in [4.78, 5) is 5.48. The van der Waals surface area contributed by atoms with Crippen molar-refractivity contribution < 1.29 is 18.3 Å². The van der Waals surface area contributed by atoms with Crippen molar-refractivity contribution >= 4 is 23.1 Å². The van der Waals surface area contributed by atoms with Crippen LogP contribution in [0.2, 0.25) is 0 Å². The molecule has 0 bridgehead atoms. The van der Waals surface area contributed by atoms with Crippen LogP contribution < -0.4 is 9.47 Å². The summed E-state index contributed by atoms with van der Waals surface area (Å²) in [5, 5.41) is 10.6. The molecule has 9 heteroatoms. The van der Waals surface area contributed by atoms with Gasteiger partial charge in [-0.1, -0.05) is 17.8 Å². The predicted octanol–water partition coefficient (Wildman–Crippen LogP) is 4.47. The summed E-state index contributed by atoms with van der Waals surface area (Å²) < 4.78 is 21.9. The zero-order chi connectivity index (χ0) is 17.3. The molecule has 1 aliphatic rings. The van der Waals surface area contributed by atoms with E-state index in [1.54, 1.807) is 17.6 Å². The average Bonchev–Trinajstić information content (AvgIpc) is 3.47. The summed E-state index contributed by atoms with van der Waals surface area (Å²) in [5.41, 5.74) is 1.61. The van der Waals surface area contributed by atoms with Crippen molar-refractivity contribution in [3.8, 4) is 33.7 Å². The standard InChI is InChI=1S/C17H11N3O4S2/c1-2-14(25-5-1)16-18-11(7-21-16)8-26-17-20-19-15(24-17)10-3-4-12-13(6-10)23-9-22-12/h1-7H,8-9H2. The number of aromatic nitrogens is 3. The largest absolute Gasteiger partial charge is 0.454 e.